The van der Waals surface area contributed by atoms with Gasteiger partial charge in [-0.15, -0.1) is 0 Å². The van der Waals surface area contributed by atoms with E-state index in [1.807, 2.05) is 6.92 Å². The lowest BCUT2D eigenvalue weighted by Crippen LogP contribution is -2.50. The van der Waals surface area contributed by atoms with Crippen molar-refractivity contribution in [3.63, 3.8) is 0 Å². The molecule has 2 aliphatic rings. The highest BCUT2D eigenvalue weighted by Gasteiger charge is 2.49. The van der Waals surface area contributed by atoms with E-state index in [2.05, 4.69) is 5.32 Å². The van der Waals surface area contributed by atoms with Gasteiger partial charge < -0.3 is 10.4 Å². The van der Waals surface area contributed by atoms with E-state index in [1.54, 1.807) is 0 Å². The minimum atomic E-state index is -0.673. The van der Waals surface area contributed by atoms with Gasteiger partial charge in [-0.1, -0.05) is 6.92 Å². The summed E-state index contributed by atoms with van der Waals surface area (Å²) in [4.78, 5) is 22.3. The summed E-state index contributed by atoms with van der Waals surface area (Å²) in [5.74, 6) is 0.218. The van der Waals surface area contributed by atoms with Crippen LogP contribution in [0.1, 0.15) is 39.0 Å². The van der Waals surface area contributed by atoms with Crippen molar-refractivity contribution in [3.05, 3.63) is 0 Å². The summed E-state index contributed by atoms with van der Waals surface area (Å²) in [6, 6.07) is 0.244. The highest BCUT2D eigenvalue weighted by atomic mass is 16.4. The maximum Gasteiger partial charge on any atom is 0.306 e. The Morgan fingerprint density at radius 3 is 2.69 bits per heavy atom. The molecule has 0 bridgehead atoms. The molecule has 0 aliphatic heterocycles. The first-order chi connectivity index (χ1) is 7.61. The number of hydrogen-bond acceptors (Lipinski definition) is 2. The van der Waals surface area contributed by atoms with Gasteiger partial charge in [-0.05, 0) is 37.5 Å². The van der Waals surface area contributed by atoms with Crippen LogP contribution in [0.3, 0.4) is 0 Å². The predicted molar refractivity (Wildman–Crippen MR) is 58.8 cm³/mol. The minimum absolute atomic E-state index is 0.115. The molecule has 2 rings (SSSR count). The fraction of sp³-hybridized carbons (Fsp3) is 0.833. The highest BCUT2D eigenvalue weighted by molar-refractivity contribution is 5.76. The summed E-state index contributed by atoms with van der Waals surface area (Å²) in [6.07, 6.45) is 3.97. The molecule has 4 atom stereocenters. The molecular formula is C12H19NO3. The molecule has 2 fully saturated rings. The summed E-state index contributed by atoms with van der Waals surface area (Å²) >= 11 is 0. The molecule has 0 aromatic carbocycles. The van der Waals surface area contributed by atoms with Gasteiger partial charge in [-0.3, -0.25) is 9.59 Å². The van der Waals surface area contributed by atoms with Crippen LogP contribution >= 0.6 is 0 Å². The third-order valence-electron chi connectivity index (χ3n) is 4.00. The van der Waals surface area contributed by atoms with Crippen LogP contribution in [0.2, 0.25) is 0 Å². The molecule has 4 heteroatoms. The molecule has 16 heavy (non-hydrogen) atoms. The van der Waals surface area contributed by atoms with Gasteiger partial charge in [0.15, 0.2) is 0 Å². The van der Waals surface area contributed by atoms with Crippen molar-refractivity contribution in [1.29, 1.82) is 0 Å². The molecule has 1 amide bonds. The average Bonchev–Trinajstić information content (AvgIpc) is 2.53. The van der Waals surface area contributed by atoms with Gasteiger partial charge in [0.25, 0.3) is 0 Å². The minimum Gasteiger partial charge on any atom is -0.481 e. The van der Waals surface area contributed by atoms with Gasteiger partial charge in [0, 0.05) is 12.5 Å². The summed E-state index contributed by atoms with van der Waals surface area (Å²) < 4.78 is 0. The maximum atomic E-state index is 11.4. The second-order valence-corrected chi connectivity index (χ2v) is 5.09. The zero-order valence-corrected chi connectivity index (χ0v) is 9.61. The molecule has 0 spiro atoms. The average molecular weight is 225 g/mol. The lowest BCUT2D eigenvalue weighted by atomic mass is 9.71. The Kier molecular flexibility index (Phi) is 3.17. The number of fused-ring (bicyclic) bond motifs is 1. The summed E-state index contributed by atoms with van der Waals surface area (Å²) in [5.41, 5.74) is 0. The number of carbonyl (C=O) groups excluding carboxylic acids is 1. The second-order valence-electron chi connectivity index (χ2n) is 5.09. The molecule has 2 aliphatic carbocycles. The van der Waals surface area contributed by atoms with Gasteiger partial charge in [0.1, 0.15) is 0 Å². The SMILES string of the molecule is CCCC(=O)NC1CC2CC(C(=O)O)CC21. The first-order valence-electron chi connectivity index (χ1n) is 6.14. The quantitative estimate of drug-likeness (QED) is 0.760. The van der Waals surface area contributed by atoms with Crippen molar-refractivity contribution >= 4 is 11.9 Å². The van der Waals surface area contributed by atoms with Crippen LogP contribution < -0.4 is 5.32 Å². The Hall–Kier alpha value is -1.06. The zero-order chi connectivity index (χ0) is 11.7. The Balaban J connectivity index is 1.81. The van der Waals surface area contributed by atoms with Crippen LogP contribution in [0.4, 0.5) is 0 Å². The maximum absolute atomic E-state index is 11.4. The van der Waals surface area contributed by atoms with Gasteiger partial charge in [-0.2, -0.15) is 0 Å². The van der Waals surface area contributed by atoms with E-state index >= 15 is 0 Å². The van der Waals surface area contributed by atoms with Gasteiger partial charge in [-0.25, -0.2) is 0 Å². The normalized spacial score (nSPS) is 36.3. The molecule has 4 nitrogen and oxygen atoms in total. The summed E-state index contributed by atoms with van der Waals surface area (Å²) in [7, 11) is 0. The summed E-state index contributed by atoms with van der Waals surface area (Å²) in [5, 5.41) is 12.0. The third-order valence-corrected chi connectivity index (χ3v) is 4.00. The lowest BCUT2D eigenvalue weighted by molar-refractivity contribution is -0.141. The summed E-state index contributed by atoms with van der Waals surface area (Å²) in [6.45, 7) is 1.99. The Morgan fingerprint density at radius 1 is 1.31 bits per heavy atom. The first kappa shape index (κ1) is 11.4. The number of hydrogen-bond donors (Lipinski definition) is 2. The van der Waals surface area contributed by atoms with Crippen LogP contribution in [0.25, 0.3) is 0 Å². The molecule has 0 heterocycles. The van der Waals surface area contributed by atoms with Crippen molar-refractivity contribution in [3.8, 4) is 0 Å². The number of amides is 1. The van der Waals surface area contributed by atoms with Gasteiger partial charge in [0.05, 0.1) is 5.92 Å². The zero-order valence-electron chi connectivity index (χ0n) is 9.61. The fourth-order valence-electron chi connectivity index (χ4n) is 3.10. The second kappa shape index (κ2) is 4.44. The van der Waals surface area contributed by atoms with Crippen molar-refractivity contribution < 1.29 is 14.7 Å². The molecule has 0 radical (unpaired) electrons. The monoisotopic (exact) mass is 225 g/mol. The van der Waals surface area contributed by atoms with Crippen LogP contribution in [0.15, 0.2) is 0 Å². The van der Waals surface area contributed by atoms with Crippen molar-refractivity contribution in [2.45, 2.75) is 45.1 Å². The Bertz CT molecular complexity index is 303. The number of carboxylic acids is 1. The molecule has 90 valence electrons. The highest BCUT2D eigenvalue weighted by Crippen LogP contribution is 2.49. The molecule has 2 saturated carbocycles. The Labute approximate surface area is 95.4 Å². The van der Waals surface area contributed by atoms with E-state index in [9.17, 15) is 9.59 Å². The van der Waals surface area contributed by atoms with Crippen molar-refractivity contribution in [2.24, 2.45) is 17.8 Å². The number of rotatable bonds is 4. The molecular weight excluding hydrogens is 206 g/mol. The first-order valence-corrected chi connectivity index (χ1v) is 6.14. The molecule has 4 unspecified atom stereocenters. The number of carbonyl (C=O) groups is 2. The number of carboxylic acid groups (broad SMARTS) is 1. The molecule has 0 aromatic heterocycles. The number of aliphatic carboxylic acids is 1. The van der Waals surface area contributed by atoms with Crippen LogP contribution in [0, 0.1) is 17.8 Å². The standard InChI is InChI=1S/C12H19NO3/c1-2-3-11(14)13-10-6-7-4-8(12(15)16)5-9(7)10/h7-10H,2-6H2,1H3,(H,13,14)(H,15,16). The molecule has 2 N–H and O–H groups in total. The van der Waals surface area contributed by atoms with E-state index in [-0.39, 0.29) is 17.9 Å². The number of nitrogens with one attached hydrogen (secondary N) is 1. The molecule has 0 aromatic rings. The van der Waals surface area contributed by atoms with E-state index in [1.165, 1.54) is 0 Å². The van der Waals surface area contributed by atoms with Gasteiger partial charge in [0.2, 0.25) is 5.91 Å². The Morgan fingerprint density at radius 2 is 2.06 bits per heavy atom. The van der Waals surface area contributed by atoms with Gasteiger partial charge >= 0.3 is 5.97 Å². The van der Waals surface area contributed by atoms with Crippen LogP contribution in [-0.4, -0.2) is 23.0 Å². The smallest absolute Gasteiger partial charge is 0.306 e. The van der Waals surface area contributed by atoms with E-state index < -0.39 is 5.97 Å². The van der Waals surface area contributed by atoms with E-state index in [0.29, 0.717) is 18.3 Å². The fourth-order valence-corrected chi connectivity index (χ4v) is 3.10. The lowest BCUT2D eigenvalue weighted by Gasteiger charge is -2.40. The van der Waals surface area contributed by atoms with Crippen molar-refractivity contribution in [1.82, 2.24) is 5.32 Å². The van der Waals surface area contributed by atoms with Crippen LogP contribution in [0.5, 0.6) is 0 Å². The van der Waals surface area contributed by atoms with Crippen molar-refractivity contribution in [2.75, 3.05) is 0 Å². The largest absolute Gasteiger partial charge is 0.481 e. The van der Waals surface area contributed by atoms with E-state index in [4.69, 9.17) is 5.11 Å². The topological polar surface area (TPSA) is 66.4 Å². The van der Waals surface area contributed by atoms with E-state index in [0.717, 1.165) is 25.7 Å². The third kappa shape index (κ3) is 2.06. The van der Waals surface area contributed by atoms with Crippen LogP contribution in [-0.2, 0) is 9.59 Å². The predicted octanol–water partition coefficient (Wildman–Crippen LogP) is 1.40. The molecule has 0 saturated heterocycles.